The van der Waals surface area contributed by atoms with Crippen LogP contribution in [0.15, 0.2) is 36.7 Å². The molecular weight excluding hydrogens is 269 g/mol. The smallest absolute Gasteiger partial charge is 0.123 e. The lowest BCUT2D eigenvalue weighted by Gasteiger charge is -2.45. The number of rotatable bonds is 5. The van der Waals surface area contributed by atoms with Gasteiger partial charge in [0.05, 0.1) is 11.6 Å². The summed E-state index contributed by atoms with van der Waals surface area (Å²) in [5.41, 5.74) is 0.115. The first-order chi connectivity index (χ1) is 10.0. The number of imidazole rings is 1. The van der Waals surface area contributed by atoms with Crippen LogP contribution in [0.25, 0.3) is 0 Å². The molecule has 3 rings (SSSR count). The van der Waals surface area contributed by atoms with Gasteiger partial charge in [-0.15, -0.1) is 0 Å². The van der Waals surface area contributed by atoms with Crippen molar-refractivity contribution in [2.75, 3.05) is 0 Å². The van der Waals surface area contributed by atoms with Crippen molar-refractivity contribution in [3.63, 3.8) is 0 Å². The Morgan fingerprint density at radius 3 is 3.00 bits per heavy atom. The molecule has 1 fully saturated rings. The summed E-state index contributed by atoms with van der Waals surface area (Å²) in [5, 5.41) is 13.9. The molecule has 0 spiro atoms. The molecule has 1 aromatic carbocycles. The number of aromatic amines is 1. The fourth-order valence-electron chi connectivity index (χ4n) is 3.09. The summed E-state index contributed by atoms with van der Waals surface area (Å²) >= 11 is 0. The van der Waals surface area contributed by atoms with Crippen molar-refractivity contribution >= 4 is 0 Å². The molecule has 112 valence electrons. The number of nitrogens with zero attached hydrogens (tertiary/aromatic N) is 1. The molecule has 1 saturated carbocycles. The van der Waals surface area contributed by atoms with Crippen LogP contribution in [0.4, 0.5) is 4.39 Å². The van der Waals surface area contributed by atoms with Crippen molar-refractivity contribution in [3.05, 3.63) is 53.9 Å². The zero-order valence-electron chi connectivity index (χ0n) is 12.0. The van der Waals surface area contributed by atoms with Crippen LogP contribution in [-0.2, 0) is 6.42 Å². The van der Waals surface area contributed by atoms with Crippen LogP contribution in [-0.4, -0.2) is 26.7 Å². The number of hydrogen-bond acceptors (Lipinski definition) is 3. The van der Waals surface area contributed by atoms with Crippen LogP contribution in [0.3, 0.4) is 0 Å². The molecule has 0 radical (unpaired) electrons. The van der Waals surface area contributed by atoms with E-state index in [1.807, 2.05) is 13.0 Å². The second-order valence-corrected chi connectivity index (χ2v) is 6.00. The number of halogens is 1. The molecule has 0 aliphatic heterocycles. The number of aliphatic hydroxyl groups is 1. The maximum absolute atomic E-state index is 13.2. The fourth-order valence-corrected chi connectivity index (χ4v) is 3.09. The third-order valence-corrected chi connectivity index (χ3v) is 4.09. The summed E-state index contributed by atoms with van der Waals surface area (Å²) in [6.45, 7) is 2.04. The van der Waals surface area contributed by atoms with Crippen molar-refractivity contribution in [1.82, 2.24) is 15.3 Å². The number of aromatic nitrogens is 2. The summed E-state index contributed by atoms with van der Waals surface area (Å²) < 4.78 is 13.2. The topological polar surface area (TPSA) is 60.9 Å². The Balaban J connectivity index is 1.52. The van der Waals surface area contributed by atoms with Gasteiger partial charge in [-0.2, -0.15) is 0 Å². The first kappa shape index (κ1) is 14.2. The summed E-state index contributed by atoms with van der Waals surface area (Å²) in [5.74, 6) is 0.645. The van der Waals surface area contributed by atoms with E-state index < -0.39 is 5.60 Å². The Labute approximate surface area is 123 Å². The minimum absolute atomic E-state index is 0.128. The molecular formula is C16H20FN3O. The summed E-state index contributed by atoms with van der Waals surface area (Å²) in [6.07, 6.45) is 5.38. The van der Waals surface area contributed by atoms with Crippen LogP contribution in [0.5, 0.6) is 0 Å². The Morgan fingerprint density at radius 2 is 2.33 bits per heavy atom. The summed E-state index contributed by atoms with van der Waals surface area (Å²) in [6, 6.07) is 6.84. The van der Waals surface area contributed by atoms with E-state index >= 15 is 0 Å². The Kier molecular flexibility index (Phi) is 3.78. The van der Waals surface area contributed by atoms with E-state index in [9.17, 15) is 9.50 Å². The average molecular weight is 289 g/mol. The molecule has 0 amide bonds. The molecule has 1 atom stereocenters. The van der Waals surface area contributed by atoms with Crippen molar-refractivity contribution in [3.8, 4) is 0 Å². The van der Waals surface area contributed by atoms with Crippen molar-refractivity contribution in [1.29, 1.82) is 0 Å². The lowest BCUT2D eigenvalue weighted by molar-refractivity contribution is -0.0574. The highest BCUT2D eigenvalue weighted by atomic mass is 19.1. The molecule has 4 nitrogen and oxygen atoms in total. The Morgan fingerprint density at radius 1 is 1.52 bits per heavy atom. The molecule has 2 aromatic rings. The van der Waals surface area contributed by atoms with Gasteiger partial charge >= 0.3 is 0 Å². The number of hydrogen-bond donors (Lipinski definition) is 3. The molecule has 1 unspecified atom stereocenters. The van der Waals surface area contributed by atoms with Gasteiger partial charge in [-0.25, -0.2) is 9.37 Å². The lowest BCUT2D eigenvalue weighted by atomic mass is 9.72. The zero-order valence-corrected chi connectivity index (χ0v) is 12.0. The van der Waals surface area contributed by atoms with Gasteiger partial charge in [0.1, 0.15) is 11.6 Å². The average Bonchev–Trinajstić information content (AvgIpc) is 2.90. The first-order valence-corrected chi connectivity index (χ1v) is 7.26. The normalized spacial score (nSPS) is 26.3. The van der Waals surface area contributed by atoms with E-state index in [4.69, 9.17) is 0 Å². The molecule has 1 aromatic heterocycles. The highest BCUT2D eigenvalue weighted by Gasteiger charge is 2.43. The quantitative estimate of drug-likeness (QED) is 0.791. The van der Waals surface area contributed by atoms with E-state index in [1.54, 1.807) is 18.5 Å². The van der Waals surface area contributed by atoms with Crippen LogP contribution in [0, 0.1) is 5.82 Å². The molecule has 0 bridgehead atoms. The van der Waals surface area contributed by atoms with Crippen molar-refractivity contribution in [2.45, 2.75) is 43.9 Å². The maximum atomic E-state index is 13.2. The Bertz CT molecular complexity index is 593. The van der Waals surface area contributed by atoms with Gasteiger partial charge in [0.25, 0.3) is 0 Å². The third kappa shape index (κ3) is 3.31. The van der Waals surface area contributed by atoms with Gasteiger partial charge in [0.15, 0.2) is 0 Å². The fraction of sp³-hybridized carbons (Fsp3) is 0.438. The largest absolute Gasteiger partial charge is 0.389 e. The SMILES string of the molecule is CC(NC1CC(O)(Cc2cccc(F)c2)C1)c1ncc[nH]1. The molecule has 1 aliphatic carbocycles. The lowest BCUT2D eigenvalue weighted by Crippen LogP contribution is -2.55. The van der Waals surface area contributed by atoms with E-state index in [1.165, 1.54) is 12.1 Å². The standard InChI is InChI=1S/C16H20FN3O/c1-11(15-18-5-6-19-15)20-14-9-16(21,10-14)8-12-3-2-4-13(17)7-12/h2-7,11,14,20-21H,8-10H2,1H3,(H,18,19). The maximum Gasteiger partial charge on any atom is 0.123 e. The summed E-state index contributed by atoms with van der Waals surface area (Å²) in [7, 11) is 0. The van der Waals surface area contributed by atoms with Crippen molar-refractivity contribution in [2.24, 2.45) is 0 Å². The molecule has 21 heavy (non-hydrogen) atoms. The highest BCUT2D eigenvalue weighted by Crippen LogP contribution is 2.36. The molecule has 0 saturated heterocycles. The van der Waals surface area contributed by atoms with E-state index in [2.05, 4.69) is 15.3 Å². The van der Waals surface area contributed by atoms with Gasteiger partial charge in [-0.3, -0.25) is 0 Å². The van der Waals surface area contributed by atoms with E-state index in [-0.39, 0.29) is 17.9 Å². The van der Waals surface area contributed by atoms with Crippen molar-refractivity contribution < 1.29 is 9.50 Å². The van der Waals surface area contributed by atoms with Gasteiger partial charge < -0.3 is 15.4 Å². The van der Waals surface area contributed by atoms with E-state index in [0.717, 1.165) is 11.4 Å². The minimum Gasteiger partial charge on any atom is -0.389 e. The highest BCUT2D eigenvalue weighted by molar-refractivity contribution is 5.20. The minimum atomic E-state index is -0.728. The molecule has 3 N–H and O–H groups in total. The predicted octanol–water partition coefficient (Wildman–Crippen LogP) is 2.34. The molecule has 5 heteroatoms. The number of nitrogens with one attached hydrogen (secondary N) is 2. The zero-order chi connectivity index (χ0) is 14.9. The number of H-pyrrole nitrogens is 1. The van der Waals surface area contributed by atoms with Gasteiger partial charge in [-0.05, 0) is 37.5 Å². The Hall–Kier alpha value is -1.72. The number of benzene rings is 1. The first-order valence-electron chi connectivity index (χ1n) is 7.26. The predicted molar refractivity (Wildman–Crippen MR) is 78.2 cm³/mol. The monoisotopic (exact) mass is 289 g/mol. The van der Waals surface area contributed by atoms with Crippen LogP contribution >= 0.6 is 0 Å². The van der Waals surface area contributed by atoms with Gasteiger partial charge in [0, 0.05) is 24.9 Å². The van der Waals surface area contributed by atoms with Gasteiger partial charge in [-0.1, -0.05) is 12.1 Å². The molecule has 1 heterocycles. The second kappa shape index (κ2) is 5.58. The van der Waals surface area contributed by atoms with Crippen LogP contribution in [0.1, 0.15) is 37.2 Å². The van der Waals surface area contributed by atoms with Gasteiger partial charge in [0.2, 0.25) is 0 Å². The van der Waals surface area contributed by atoms with Crippen LogP contribution < -0.4 is 5.32 Å². The summed E-state index contributed by atoms with van der Waals surface area (Å²) in [4.78, 5) is 7.30. The van der Waals surface area contributed by atoms with Crippen LogP contribution in [0.2, 0.25) is 0 Å². The second-order valence-electron chi connectivity index (χ2n) is 6.00. The van der Waals surface area contributed by atoms with E-state index in [0.29, 0.717) is 19.3 Å². The third-order valence-electron chi connectivity index (χ3n) is 4.09. The molecule has 1 aliphatic rings.